The summed E-state index contributed by atoms with van der Waals surface area (Å²) in [6.07, 6.45) is 1.65. The van der Waals surface area contributed by atoms with Gasteiger partial charge < -0.3 is 14.9 Å². The first-order chi connectivity index (χ1) is 14.3. The van der Waals surface area contributed by atoms with Crippen LogP contribution < -0.4 is 4.74 Å². The average Bonchev–Trinajstić information content (AvgIpc) is 3.00. The lowest BCUT2D eigenvalue weighted by atomic mass is 10.2. The number of hydrogen-bond acceptors (Lipinski definition) is 6. The number of benzene rings is 2. The summed E-state index contributed by atoms with van der Waals surface area (Å²) in [7, 11) is 0. The standard InChI is InChI=1S/C21H19ClN2O5S/c1-3-24-19(26)17(10-12-8-15(22)18(25)16(9-12)29-4-2)30-21(24)23-14-7-5-6-13(11-14)20(27)28/h5-11,25H,3-4H2,1-2H3,(H,27,28)/b17-10+,23-21?. The van der Waals surface area contributed by atoms with Crippen molar-refractivity contribution in [3.8, 4) is 11.5 Å². The molecule has 0 atom stereocenters. The molecule has 0 unspecified atom stereocenters. The molecule has 0 aliphatic carbocycles. The number of carbonyl (C=O) groups excluding carboxylic acids is 1. The van der Waals surface area contributed by atoms with Gasteiger partial charge in [-0.2, -0.15) is 0 Å². The summed E-state index contributed by atoms with van der Waals surface area (Å²) in [6, 6.07) is 9.35. The van der Waals surface area contributed by atoms with E-state index in [0.29, 0.717) is 34.5 Å². The van der Waals surface area contributed by atoms with Gasteiger partial charge in [0.25, 0.3) is 5.91 Å². The van der Waals surface area contributed by atoms with Crippen molar-refractivity contribution in [1.29, 1.82) is 0 Å². The van der Waals surface area contributed by atoms with E-state index in [9.17, 15) is 14.7 Å². The fourth-order valence-electron chi connectivity index (χ4n) is 2.78. The average molecular weight is 447 g/mol. The molecule has 7 nitrogen and oxygen atoms in total. The van der Waals surface area contributed by atoms with Crippen LogP contribution in [-0.2, 0) is 4.79 Å². The summed E-state index contributed by atoms with van der Waals surface area (Å²) in [6.45, 7) is 4.37. The van der Waals surface area contributed by atoms with Crippen LogP contribution in [0.2, 0.25) is 5.02 Å². The van der Waals surface area contributed by atoms with Gasteiger partial charge in [-0.25, -0.2) is 9.79 Å². The molecule has 156 valence electrons. The predicted octanol–water partition coefficient (Wildman–Crippen LogP) is 4.77. The number of carbonyl (C=O) groups is 2. The van der Waals surface area contributed by atoms with Gasteiger partial charge in [0.05, 0.1) is 27.8 Å². The molecule has 3 rings (SSSR count). The number of aliphatic imine (C=N–C) groups is 1. The first-order valence-electron chi connectivity index (χ1n) is 9.12. The van der Waals surface area contributed by atoms with E-state index < -0.39 is 5.97 Å². The number of halogens is 1. The summed E-state index contributed by atoms with van der Waals surface area (Å²) in [5, 5.41) is 19.7. The fraction of sp³-hybridized carbons (Fsp3) is 0.190. The fourth-order valence-corrected chi connectivity index (χ4v) is 4.06. The zero-order valence-electron chi connectivity index (χ0n) is 16.3. The minimum absolute atomic E-state index is 0.118. The van der Waals surface area contributed by atoms with Crippen molar-refractivity contribution >= 4 is 52.2 Å². The van der Waals surface area contributed by atoms with Crippen LogP contribution in [0.5, 0.6) is 11.5 Å². The van der Waals surface area contributed by atoms with Crippen LogP contribution in [0.4, 0.5) is 5.69 Å². The molecule has 1 aliphatic heterocycles. The van der Waals surface area contributed by atoms with E-state index in [0.717, 1.165) is 0 Å². The second-order valence-corrected chi connectivity index (χ2v) is 7.61. The molecule has 2 aromatic carbocycles. The largest absolute Gasteiger partial charge is 0.503 e. The van der Waals surface area contributed by atoms with Crippen molar-refractivity contribution in [1.82, 2.24) is 4.90 Å². The Morgan fingerprint density at radius 1 is 1.30 bits per heavy atom. The molecule has 1 amide bonds. The predicted molar refractivity (Wildman–Crippen MR) is 118 cm³/mol. The number of amidine groups is 1. The van der Waals surface area contributed by atoms with Gasteiger partial charge in [-0.15, -0.1) is 0 Å². The molecule has 0 aromatic heterocycles. The van der Waals surface area contributed by atoms with Gasteiger partial charge in [0, 0.05) is 6.54 Å². The molecule has 1 saturated heterocycles. The Morgan fingerprint density at radius 2 is 2.07 bits per heavy atom. The number of carboxylic acid groups (broad SMARTS) is 1. The second-order valence-electron chi connectivity index (χ2n) is 6.19. The maximum Gasteiger partial charge on any atom is 0.335 e. The van der Waals surface area contributed by atoms with Gasteiger partial charge in [-0.1, -0.05) is 17.7 Å². The molecule has 0 spiro atoms. The molecular weight excluding hydrogens is 428 g/mol. The van der Waals surface area contributed by atoms with Crippen molar-refractivity contribution in [3.05, 3.63) is 57.5 Å². The number of nitrogens with zero attached hydrogens (tertiary/aromatic N) is 2. The summed E-state index contributed by atoms with van der Waals surface area (Å²) in [5.74, 6) is -1.19. The van der Waals surface area contributed by atoms with Crippen molar-refractivity contribution in [3.63, 3.8) is 0 Å². The number of amides is 1. The lowest BCUT2D eigenvalue weighted by Gasteiger charge is -2.12. The van der Waals surface area contributed by atoms with Gasteiger partial charge in [0.2, 0.25) is 0 Å². The Labute approximate surface area is 182 Å². The molecule has 0 bridgehead atoms. The normalized spacial score (nSPS) is 16.5. The molecular formula is C21H19ClN2O5S. The molecule has 1 heterocycles. The third-order valence-corrected chi connectivity index (χ3v) is 5.47. The van der Waals surface area contributed by atoms with E-state index in [1.807, 2.05) is 6.92 Å². The summed E-state index contributed by atoms with van der Waals surface area (Å²) >= 11 is 7.25. The summed E-state index contributed by atoms with van der Waals surface area (Å²) in [4.78, 5) is 30.4. The minimum atomic E-state index is -1.05. The van der Waals surface area contributed by atoms with Crippen LogP contribution >= 0.6 is 23.4 Å². The highest BCUT2D eigenvalue weighted by atomic mass is 35.5. The smallest absolute Gasteiger partial charge is 0.335 e. The van der Waals surface area contributed by atoms with E-state index in [1.165, 1.54) is 28.8 Å². The van der Waals surface area contributed by atoms with Crippen molar-refractivity contribution < 1.29 is 24.5 Å². The first-order valence-corrected chi connectivity index (χ1v) is 10.3. The topological polar surface area (TPSA) is 99.4 Å². The molecule has 1 fully saturated rings. The van der Waals surface area contributed by atoms with Crippen LogP contribution in [0, 0.1) is 0 Å². The van der Waals surface area contributed by atoms with E-state index in [4.69, 9.17) is 21.4 Å². The van der Waals surface area contributed by atoms with Gasteiger partial charge in [0.1, 0.15) is 0 Å². The molecule has 0 radical (unpaired) electrons. The Bertz CT molecular complexity index is 1070. The van der Waals surface area contributed by atoms with Crippen LogP contribution in [0.25, 0.3) is 6.08 Å². The number of likely N-dealkylation sites (N-methyl/N-ethyl adjacent to an activating group) is 1. The Balaban J connectivity index is 1.96. The maximum atomic E-state index is 12.8. The number of thioether (sulfide) groups is 1. The highest BCUT2D eigenvalue weighted by Crippen LogP contribution is 2.38. The Kier molecular flexibility index (Phi) is 6.69. The zero-order chi connectivity index (χ0) is 21.8. The highest BCUT2D eigenvalue weighted by molar-refractivity contribution is 8.18. The quantitative estimate of drug-likeness (QED) is 0.620. The monoisotopic (exact) mass is 446 g/mol. The van der Waals surface area contributed by atoms with E-state index >= 15 is 0 Å². The highest BCUT2D eigenvalue weighted by Gasteiger charge is 2.32. The Morgan fingerprint density at radius 3 is 2.73 bits per heavy atom. The first kappa shape index (κ1) is 21.7. The lowest BCUT2D eigenvalue weighted by Crippen LogP contribution is -2.28. The van der Waals surface area contributed by atoms with Crippen molar-refractivity contribution in [2.24, 2.45) is 4.99 Å². The summed E-state index contributed by atoms with van der Waals surface area (Å²) < 4.78 is 5.38. The third-order valence-electron chi connectivity index (χ3n) is 4.17. The van der Waals surface area contributed by atoms with Gasteiger partial charge in [-0.05, 0) is 67.6 Å². The van der Waals surface area contributed by atoms with Gasteiger partial charge in [-0.3, -0.25) is 9.69 Å². The Hall–Kier alpha value is -2.97. The minimum Gasteiger partial charge on any atom is -0.503 e. The van der Waals surface area contributed by atoms with Gasteiger partial charge >= 0.3 is 5.97 Å². The molecule has 0 saturated carbocycles. The molecule has 1 aliphatic rings. The molecule has 9 heteroatoms. The van der Waals surface area contributed by atoms with Crippen LogP contribution in [-0.4, -0.2) is 45.3 Å². The summed E-state index contributed by atoms with van der Waals surface area (Å²) in [5.41, 5.74) is 1.16. The number of aromatic carboxylic acids is 1. The van der Waals surface area contributed by atoms with Crippen LogP contribution in [0.3, 0.4) is 0 Å². The van der Waals surface area contributed by atoms with Gasteiger partial charge in [0.15, 0.2) is 16.7 Å². The van der Waals surface area contributed by atoms with Crippen molar-refractivity contribution in [2.45, 2.75) is 13.8 Å². The van der Waals surface area contributed by atoms with E-state index in [2.05, 4.69) is 4.99 Å². The van der Waals surface area contributed by atoms with Crippen LogP contribution in [0.15, 0.2) is 46.3 Å². The van der Waals surface area contributed by atoms with E-state index in [-0.39, 0.29) is 28.0 Å². The zero-order valence-corrected chi connectivity index (χ0v) is 17.8. The second kappa shape index (κ2) is 9.23. The van der Waals surface area contributed by atoms with Crippen molar-refractivity contribution in [2.75, 3.05) is 13.2 Å². The maximum absolute atomic E-state index is 12.8. The SMILES string of the molecule is CCOc1cc(/C=C2/SC(=Nc3cccc(C(=O)O)c3)N(CC)C2=O)cc(Cl)c1O. The molecule has 2 N–H and O–H groups in total. The van der Waals surface area contributed by atoms with Crippen LogP contribution in [0.1, 0.15) is 29.8 Å². The molecule has 2 aromatic rings. The molecule has 30 heavy (non-hydrogen) atoms. The van der Waals surface area contributed by atoms with E-state index in [1.54, 1.807) is 37.3 Å². The third kappa shape index (κ3) is 4.60. The number of rotatable bonds is 6. The number of carboxylic acids is 1. The lowest BCUT2D eigenvalue weighted by molar-refractivity contribution is -0.122. The number of aromatic hydroxyl groups is 1. The number of hydrogen-bond donors (Lipinski definition) is 2. The number of phenolic OH excluding ortho intramolecular Hbond substituents is 1. The number of phenols is 1. The number of ether oxygens (including phenoxy) is 1.